The van der Waals surface area contributed by atoms with Crippen LogP contribution in [0, 0.1) is 0 Å². The zero-order valence-electron chi connectivity index (χ0n) is 12.3. The van der Waals surface area contributed by atoms with Gasteiger partial charge in [-0.05, 0) is 24.6 Å². The fourth-order valence-corrected chi connectivity index (χ4v) is 2.50. The summed E-state index contributed by atoms with van der Waals surface area (Å²) in [5, 5.41) is 10.4. The van der Waals surface area contributed by atoms with Gasteiger partial charge in [-0.25, -0.2) is 0 Å². The Hall–Kier alpha value is -2.21. The maximum absolute atomic E-state index is 12.1. The van der Waals surface area contributed by atoms with E-state index in [4.69, 9.17) is 4.74 Å². The molecule has 2 aromatic rings. The molecule has 1 aromatic heterocycles. The summed E-state index contributed by atoms with van der Waals surface area (Å²) in [6, 6.07) is 7.41. The molecular formula is C16H18N2O3S. The molecule has 0 radical (unpaired) electrons. The van der Waals surface area contributed by atoms with Crippen LogP contribution in [0.15, 0.2) is 46.9 Å². The SMILES string of the molecule is C=CCSc1nc(O)c(Cc2ccc(OCC)cc2)c(=O)[nH]1. The van der Waals surface area contributed by atoms with Crippen LogP contribution in [0.2, 0.25) is 0 Å². The highest BCUT2D eigenvalue weighted by molar-refractivity contribution is 7.99. The first-order chi connectivity index (χ1) is 10.6. The quantitative estimate of drug-likeness (QED) is 0.466. The minimum atomic E-state index is -0.326. The number of nitrogens with zero attached hydrogens (tertiary/aromatic N) is 1. The highest BCUT2D eigenvalue weighted by Crippen LogP contribution is 2.20. The monoisotopic (exact) mass is 318 g/mol. The molecule has 0 spiro atoms. The van der Waals surface area contributed by atoms with Gasteiger partial charge in [-0.15, -0.1) is 6.58 Å². The van der Waals surface area contributed by atoms with E-state index in [2.05, 4.69) is 16.5 Å². The molecule has 0 fully saturated rings. The summed E-state index contributed by atoms with van der Waals surface area (Å²) >= 11 is 1.31. The lowest BCUT2D eigenvalue weighted by atomic mass is 10.1. The van der Waals surface area contributed by atoms with Gasteiger partial charge < -0.3 is 14.8 Å². The van der Waals surface area contributed by atoms with Crippen molar-refractivity contribution in [2.75, 3.05) is 12.4 Å². The molecule has 116 valence electrons. The number of H-pyrrole nitrogens is 1. The molecule has 2 N–H and O–H groups in total. The second kappa shape index (κ2) is 7.70. The third kappa shape index (κ3) is 4.14. The highest BCUT2D eigenvalue weighted by atomic mass is 32.2. The largest absolute Gasteiger partial charge is 0.494 e. The van der Waals surface area contributed by atoms with E-state index in [1.165, 1.54) is 11.8 Å². The predicted molar refractivity (Wildman–Crippen MR) is 87.9 cm³/mol. The summed E-state index contributed by atoms with van der Waals surface area (Å²) in [5.41, 5.74) is 0.831. The zero-order chi connectivity index (χ0) is 15.9. The maximum Gasteiger partial charge on any atom is 0.258 e. The number of nitrogens with one attached hydrogen (secondary N) is 1. The number of benzene rings is 1. The lowest BCUT2D eigenvalue weighted by Crippen LogP contribution is -2.15. The van der Waals surface area contributed by atoms with Crippen molar-refractivity contribution in [2.24, 2.45) is 0 Å². The summed E-state index contributed by atoms with van der Waals surface area (Å²) in [6.45, 7) is 6.13. The van der Waals surface area contributed by atoms with E-state index in [0.717, 1.165) is 11.3 Å². The Morgan fingerprint density at radius 2 is 2.14 bits per heavy atom. The number of thioether (sulfide) groups is 1. The van der Waals surface area contributed by atoms with Crippen LogP contribution in [-0.4, -0.2) is 27.4 Å². The molecule has 0 aliphatic carbocycles. The van der Waals surface area contributed by atoms with Gasteiger partial charge in [0.1, 0.15) is 5.75 Å². The van der Waals surface area contributed by atoms with Crippen molar-refractivity contribution < 1.29 is 9.84 Å². The van der Waals surface area contributed by atoms with E-state index in [1.807, 2.05) is 31.2 Å². The molecule has 0 unspecified atom stereocenters. The van der Waals surface area contributed by atoms with Crippen molar-refractivity contribution in [2.45, 2.75) is 18.5 Å². The van der Waals surface area contributed by atoms with Gasteiger partial charge in [-0.1, -0.05) is 30.0 Å². The number of aromatic amines is 1. The van der Waals surface area contributed by atoms with Gasteiger partial charge in [-0.2, -0.15) is 4.98 Å². The van der Waals surface area contributed by atoms with Crippen LogP contribution in [-0.2, 0) is 6.42 Å². The van der Waals surface area contributed by atoms with Crippen LogP contribution >= 0.6 is 11.8 Å². The van der Waals surface area contributed by atoms with E-state index in [-0.39, 0.29) is 17.0 Å². The molecule has 0 aliphatic rings. The first-order valence-electron chi connectivity index (χ1n) is 6.91. The highest BCUT2D eigenvalue weighted by Gasteiger charge is 2.11. The third-order valence-electron chi connectivity index (χ3n) is 2.93. The molecule has 6 heteroatoms. The Kier molecular flexibility index (Phi) is 5.66. The Morgan fingerprint density at radius 1 is 1.41 bits per heavy atom. The summed E-state index contributed by atoms with van der Waals surface area (Å²) in [7, 11) is 0. The van der Waals surface area contributed by atoms with Crippen LogP contribution in [0.1, 0.15) is 18.1 Å². The molecule has 0 atom stereocenters. The standard InChI is InChI=1S/C16H18N2O3S/c1-3-9-22-16-17-14(19)13(15(20)18-16)10-11-5-7-12(8-6-11)21-4-2/h3,5-8H,1,4,9-10H2,2H3,(H2,17,18,19,20). The third-order valence-corrected chi connectivity index (χ3v) is 3.79. The summed E-state index contributed by atoms with van der Waals surface area (Å²) in [4.78, 5) is 18.8. The van der Waals surface area contributed by atoms with E-state index >= 15 is 0 Å². The fraction of sp³-hybridized carbons (Fsp3) is 0.250. The van der Waals surface area contributed by atoms with Gasteiger partial charge in [0.05, 0.1) is 12.2 Å². The molecule has 1 aromatic carbocycles. The van der Waals surface area contributed by atoms with Gasteiger partial charge in [0.2, 0.25) is 5.88 Å². The van der Waals surface area contributed by atoms with Gasteiger partial charge >= 0.3 is 0 Å². The normalized spacial score (nSPS) is 10.4. The lowest BCUT2D eigenvalue weighted by molar-refractivity contribution is 0.340. The molecule has 0 saturated carbocycles. The van der Waals surface area contributed by atoms with E-state index in [9.17, 15) is 9.90 Å². The molecule has 1 heterocycles. The van der Waals surface area contributed by atoms with E-state index in [1.54, 1.807) is 6.08 Å². The van der Waals surface area contributed by atoms with Crippen molar-refractivity contribution in [3.05, 3.63) is 58.4 Å². The minimum Gasteiger partial charge on any atom is -0.494 e. The van der Waals surface area contributed by atoms with Crippen molar-refractivity contribution in [1.82, 2.24) is 9.97 Å². The average Bonchev–Trinajstić information content (AvgIpc) is 2.51. The number of aromatic nitrogens is 2. The molecular weight excluding hydrogens is 300 g/mol. The Balaban J connectivity index is 2.18. The van der Waals surface area contributed by atoms with E-state index in [0.29, 0.717) is 23.9 Å². The molecule has 0 saturated heterocycles. The molecule has 0 bridgehead atoms. The number of aromatic hydroxyl groups is 1. The maximum atomic E-state index is 12.1. The summed E-state index contributed by atoms with van der Waals surface area (Å²) < 4.78 is 5.37. The Labute approximate surface area is 133 Å². The van der Waals surface area contributed by atoms with Gasteiger partial charge in [0.15, 0.2) is 5.16 Å². The first-order valence-corrected chi connectivity index (χ1v) is 7.90. The minimum absolute atomic E-state index is 0.232. The number of hydrogen-bond donors (Lipinski definition) is 2. The summed E-state index contributed by atoms with van der Waals surface area (Å²) in [6.07, 6.45) is 2.02. The number of rotatable bonds is 7. The topological polar surface area (TPSA) is 75.2 Å². The average molecular weight is 318 g/mol. The Morgan fingerprint density at radius 3 is 2.73 bits per heavy atom. The number of ether oxygens (including phenoxy) is 1. The fourth-order valence-electron chi connectivity index (χ4n) is 1.91. The van der Waals surface area contributed by atoms with Crippen LogP contribution in [0.4, 0.5) is 0 Å². The molecule has 0 amide bonds. The summed E-state index contributed by atoms with van der Waals surface area (Å²) in [5.74, 6) is 1.16. The van der Waals surface area contributed by atoms with Gasteiger partial charge in [0.25, 0.3) is 5.56 Å². The van der Waals surface area contributed by atoms with Crippen LogP contribution in [0.5, 0.6) is 11.6 Å². The predicted octanol–water partition coefficient (Wildman–Crippen LogP) is 2.74. The van der Waals surface area contributed by atoms with Crippen molar-refractivity contribution in [3.8, 4) is 11.6 Å². The zero-order valence-corrected chi connectivity index (χ0v) is 13.2. The van der Waals surface area contributed by atoms with Crippen molar-refractivity contribution in [1.29, 1.82) is 0 Å². The molecule has 2 rings (SSSR count). The first kappa shape index (κ1) is 16.2. The van der Waals surface area contributed by atoms with Crippen LogP contribution < -0.4 is 10.3 Å². The van der Waals surface area contributed by atoms with Crippen molar-refractivity contribution in [3.63, 3.8) is 0 Å². The smallest absolute Gasteiger partial charge is 0.258 e. The number of hydrogen-bond acceptors (Lipinski definition) is 5. The van der Waals surface area contributed by atoms with Crippen molar-refractivity contribution >= 4 is 11.8 Å². The molecule has 0 aliphatic heterocycles. The second-order valence-electron chi connectivity index (χ2n) is 4.53. The molecule has 5 nitrogen and oxygen atoms in total. The lowest BCUT2D eigenvalue weighted by Gasteiger charge is -2.07. The van der Waals surface area contributed by atoms with E-state index < -0.39 is 0 Å². The van der Waals surface area contributed by atoms with Gasteiger partial charge in [0, 0.05) is 12.2 Å². The molecule has 22 heavy (non-hydrogen) atoms. The van der Waals surface area contributed by atoms with Crippen LogP contribution in [0.3, 0.4) is 0 Å². The Bertz CT molecular complexity index is 696. The second-order valence-corrected chi connectivity index (χ2v) is 5.54. The van der Waals surface area contributed by atoms with Crippen LogP contribution in [0.25, 0.3) is 0 Å². The van der Waals surface area contributed by atoms with Gasteiger partial charge in [-0.3, -0.25) is 4.79 Å².